The van der Waals surface area contributed by atoms with Gasteiger partial charge in [0.1, 0.15) is 0 Å². The van der Waals surface area contributed by atoms with Gasteiger partial charge < -0.3 is 4.74 Å². The van der Waals surface area contributed by atoms with Crippen molar-refractivity contribution in [2.45, 2.75) is 70.8 Å². The highest BCUT2D eigenvalue weighted by molar-refractivity contribution is 5.91. The molecule has 3 fully saturated rings. The maximum Gasteiger partial charge on any atom is 0.304 e. The minimum absolute atomic E-state index is 0.111. The van der Waals surface area contributed by atoms with Gasteiger partial charge in [-0.05, 0) is 74.7 Å². The third kappa shape index (κ3) is 2.33. The maximum atomic E-state index is 11.8. The molecule has 0 aromatic heterocycles. The lowest BCUT2D eigenvalue weighted by Crippen LogP contribution is -2.53. The molecule has 3 heteroatoms. The lowest BCUT2D eigenvalue weighted by molar-refractivity contribution is -0.167. The van der Waals surface area contributed by atoms with Crippen LogP contribution in [0.4, 0.5) is 0 Å². The first-order valence-electron chi connectivity index (χ1n) is 9.81. The Morgan fingerprint density at radius 2 is 2.00 bits per heavy atom. The van der Waals surface area contributed by atoms with Crippen molar-refractivity contribution < 1.29 is 14.3 Å². The summed E-state index contributed by atoms with van der Waals surface area (Å²) in [5, 5.41) is 0. The molecule has 4 rings (SSSR count). The Morgan fingerprint density at radius 3 is 2.72 bits per heavy atom. The highest BCUT2D eigenvalue weighted by Crippen LogP contribution is 2.65. The Balaban J connectivity index is 1.64. The Morgan fingerprint density at radius 1 is 1.20 bits per heavy atom. The predicted octanol–water partition coefficient (Wildman–Crippen LogP) is 4.06. The van der Waals surface area contributed by atoms with Gasteiger partial charge in [-0.1, -0.05) is 18.4 Å². The van der Waals surface area contributed by atoms with Crippen LogP contribution in [0, 0.1) is 41.4 Å². The maximum absolute atomic E-state index is 11.8. The van der Waals surface area contributed by atoms with Gasteiger partial charge in [0.05, 0.1) is 0 Å². The van der Waals surface area contributed by atoms with Crippen molar-refractivity contribution in [3.05, 3.63) is 11.6 Å². The van der Waals surface area contributed by atoms with Gasteiger partial charge in [-0.15, -0.1) is 6.42 Å². The van der Waals surface area contributed by atoms with Crippen molar-refractivity contribution in [3.63, 3.8) is 0 Å². The number of fused-ring (bicyclic) bond motifs is 5. The molecule has 134 valence electrons. The summed E-state index contributed by atoms with van der Waals surface area (Å²) in [6.07, 6.45) is 15.8. The highest BCUT2D eigenvalue weighted by atomic mass is 16.6. The smallest absolute Gasteiger partial charge is 0.304 e. The number of allylic oxidation sites excluding steroid dienone is 1. The van der Waals surface area contributed by atoms with Crippen molar-refractivity contribution >= 4 is 11.8 Å². The number of carbonyl (C=O) groups excluding carboxylic acids is 2. The van der Waals surface area contributed by atoms with E-state index in [0.29, 0.717) is 35.9 Å². The molecule has 0 bridgehead atoms. The van der Waals surface area contributed by atoms with Crippen LogP contribution in [0.25, 0.3) is 0 Å². The van der Waals surface area contributed by atoms with Crippen LogP contribution in [-0.4, -0.2) is 17.4 Å². The molecule has 0 aliphatic heterocycles. The summed E-state index contributed by atoms with van der Waals surface area (Å²) in [7, 11) is 0. The van der Waals surface area contributed by atoms with E-state index in [1.807, 2.05) is 6.08 Å². The molecule has 0 N–H and O–H groups in total. The Bertz CT molecular complexity index is 684. The van der Waals surface area contributed by atoms with Crippen LogP contribution in [0.1, 0.15) is 65.2 Å². The Hall–Kier alpha value is -1.56. The topological polar surface area (TPSA) is 43.4 Å². The van der Waals surface area contributed by atoms with Crippen LogP contribution >= 0.6 is 0 Å². The first-order valence-corrected chi connectivity index (χ1v) is 9.81. The highest BCUT2D eigenvalue weighted by Gasteiger charge is 2.64. The fourth-order valence-electron chi connectivity index (χ4n) is 6.86. The van der Waals surface area contributed by atoms with E-state index in [-0.39, 0.29) is 11.4 Å². The molecular weight excluding hydrogens is 312 g/mol. The number of ether oxygens (including phenoxy) is 1. The third-order valence-corrected chi connectivity index (χ3v) is 7.97. The van der Waals surface area contributed by atoms with Crippen molar-refractivity contribution in [2.75, 3.05) is 0 Å². The first kappa shape index (κ1) is 16.9. The molecule has 0 amide bonds. The number of terminal acetylenes is 1. The summed E-state index contributed by atoms with van der Waals surface area (Å²) in [5.74, 6) is 5.41. The lowest BCUT2D eigenvalue weighted by Gasteiger charge is -2.55. The minimum atomic E-state index is -0.729. The number of carbonyl (C=O) groups is 2. The third-order valence-electron chi connectivity index (χ3n) is 7.97. The summed E-state index contributed by atoms with van der Waals surface area (Å²) >= 11 is 0. The molecule has 0 radical (unpaired) electrons. The second-order valence-corrected chi connectivity index (χ2v) is 8.86. The van der Waals surface area contributed by atoms with Crippen LogP contribution in [0.3, 0.4) is 0 Å². The molecule has 25 heavy (non-hydrogen) atoms. The van der Waals surface area contributed by atoms with E-state index in [4.69, 9.17) is 11.2 Å². The van der Waals surface area contributed by atoms with E-state index in [0.717, 1.165) is 44.9 Å². The summed E-state index contributed by atoms with van der Waals surface area (Å²) in [5.41, 5.74) is 0.565. The van der Waals surface area contributed by atoms with Gasteiger partial charge in [0, 0.05) is 18.8 Å². The van der Waals surface area contributed by atoms with E-state index in [9.17, 15) is 9.59 Å². The zero-order chi connectivity index (χ0) is 17.8. The van der Waals surface area contributed by atoms with Crippen LogP contribution in [-0.2, 0) is 14.3 Å². The van der Waals surface area contributed by atoms with Crippen molar-refractivity contribution in [2.24, 2.45) is 29.1 Å². The normalized spacial score (nSPS) is 45.5. The van der Waals surface area contributed by atoms with Gasteiger partial charge in [-0.3, -0.25) is 9.59 Å². The van der Waals surface area contributed by atoms with Crippen LogP contribution in [0.2, 0.25) is 0 Å². The van der Waals surface area contributed by atoms with Gasteiger partial charge in [-0.2, -0.15) is 0 Å². The summed E-state index contributed by atoms with van der Waals surface area (Å²) in [6, 6.07) is 0. The van der Waals surface area contributed by atoms with Crippen molar-refractivity contribution in [1.82, 2.24) is 0 Å². The molecule has 3 nitrogen and oxygen atoms in total. The lowest BCUT2D eigenvalue weighted by atomic mass is 9.50. The van der Waals surface area contributed by atoms with E-state index < -0.39 is 5.60 Å². The van der Waals surface area contributed by atoms with Gasteiger partial charge in [0.2, 0.25) is 0 Å². The molecule has 0 saturated heterocycles. The van der Waals surface area contributed by atoms with E-state index in [1.54, 1.807) is 0 Å². The Labute approximate surface area is 150 Å². The van der Waals surface area contributed by atoms with Crippen molar-refractivity contribution in [3.8, 4) is 12.3 Å². The second-order valence-electron chi connectivity index (χ2n) is 8.86. The molecule has 0 aromatic carbocycles. The molecular formula is C22H28O3. The van der Waals surface area contributed by atoms with Gasteiger partial charge >= 0.3 is 5.97 Å². The first-order chi connectivity index (χ1) is 11.9. The number of esters is 1. The number of rotatable bonds is 1. The fraction of sp³-hybridized carbons (Fsp3) is 0.727. The zero-order valence-corrected chi connectivity index (χ0v) is 15.3. The van der Waals surface area contributed by atoms with Crippen LogP contribution < -0.4 is 0 Å². The molecule has 0 unspecified atom stereocenters. The molecule has 0 spiro atoms. The number of hydrogen-bond acceptors (Lipinski definition) is 3. The van der Waals surface area contributed by atoms with E-state index >= 15 is 0 Å². The van der Waals surface area contributed by atoms with Gasteiger partial charge in [-0.25, -0.2) is 0 Å². The van der Waals surface area contributed by atoms with Crippen LogP contribution in [0.5, 0.6) is 0 Å². The fourth-order valence-corrected chi connectivity index (χ4v) is 6.86. The average Bonchev–Trinajstić information content (AvgIpc) is 2.87. The molecule has 3 saturated carbocycles. The summed E-state index contributed by atoms with van der Waals surface area (Å²) in [6.45, 7) is 3.73. The largest absolute Gasteiger partial charge is 0.445 e. The molecule has 0 aromatic rings. The SMILES string of the molecule is C#C[C@]1(OC(C)=O)CC[C@@H]2[C@H]3CCC4=CC(=O)CC[C@@H]4[C@H]3CC[C@@]21C. The average molecular weight is 340 g/mol. The molecule has 0 heterocycles. The van der Waals surface area contributed by atoms with Gasteiger partial charge in [0.25, 0.3) is 0 Å². The van der Waals surface area contributed by atoms with Gasteiger partial charge in [0.15, 0.2) is 11.4 Å². The molecule has 4 aliphatic rings. The Kier molecular flexibility index (Phi) is 3.87. The van der Waals surface area contributed by atoms with E-state index in [2.05, 4.69) is 12.8 Å². The minimum Gasteiger partial charge on any atom is -0.445 e. The quantitative estimate of drug-likeness (QED) is 0.534. The second kappa shape index (κ2) is 5.73. The summed E-state index contributed by atoms with van der Waals surface area (Å²) < 4.78 is 5.79. The monoisotopic (exact) mass is 340 g/mol. The van der Waals surface area contributed by atoms with Crippen molar-refractivity contribution in [1.29, 1.82) is 0 Å². The number of ketones is 1. The molecule has 4 aliphatic carbocycles. The molecule has 6 atom stereocenters. The number of hydrogen-bond donors (Lipinski definition) is 0. The standard InChI is InChI=1S/C22H28O3/c1-4-22(25-14(2)23)12-10-20-19-7-5-15-13-16(24)6-8-17(15)18(19)9-11-21(20,22)3/h1,13,17-20H,5-12H2,2-3H3/t17-,18+,19-,20+,21-,22-/m0/s1. The van der Waals surface area contributed by atoms with E-state index in [1.165, 1.54) is 12.5 Å². The zero-order valence-electron chi connectivity index (χ0n) is 15.3. The predicted molar refractivity (Wildman–Crippen MR) is 95.4 cm³/mol. The summed E-state index contributed by atoms with van der Waals surface area (Å²) in [4.78, 5) is 23.5. The van der Waals surface area contributed by atoms with Crippen LogP contribution in [0.15, 0.2) is 11.6 Å².